The second-order valence-corrected chi connectivity index (χ2v) is 11.4. The molecule has 108 valence electrons. The molecule has 1 unspecified atom stereocenters. The van der Waals surface area contributed by atoms with Crippen molar-refractivity contribution in [2.45, 2.75) is 51.2 Å². The van der Waals surface area contributed by atoms with Gasteiger partial charge in [0.05, 0.1) is 0 Å². The molecular weight excluding hydrogens is 252 g/mol. The van der Waals surface area contributed by atoms with Gasteiger partial charge in [-0.05, 0) is 36.7 Å². The highest BCUT2D eigenvalue weighted by Gasteiger charge is 2.37. The molecule has 1 rings (SSSR count). The SMILES string of the molecule is CC(C)(C)[Si](C)(C)OCCC(CN)c1ccccn1. The molecule has 4 heteroatoms. The topological polar surface area (TPSA) is 48.1 Å². The van der Waals surface area contributed by atoms with E-state index in [1.807, 2.05) is 24.4 Å². The lowest BCUT2D eigenvalue weighted by Gasteiger charge is -2.36. The maximum Gasteiger partial charge on any atom is 0.191 e. The lowest BCUT2D eigenvalue weighted by Crippen LogP contribution is -2.41. The average molecular weight is 280 g/mol. The molecule has 0 bridgehead atoms. The highest BCUT2D eigenvalue weighted by Crippen LogP contribution is 2.36. The van der Waals surface area contributed by atoms with Gasteiger partial charge in [-0.25, -0.2) is 0 Å². The van der Waals surface area contributed by atoms with Gasteiger partial charge in [-0.1, -0.05) is 26.8 Å². The van der Waals surface area contributed by atoms with E-state index in [2.05, 4.69) is 38.8 Å². The van der Waals surface area contributed by atoms with Crippen molar-refractivity contribution in [1.29, 1.82) is 0 Å². The van der Waals surface area contributed by atoms with Crippen molar-refractivity contribution in [1.82, 2.24) is 4.98 Å². The minimum atomic E-state index is -1.65. The summed E-state index contributed by atoms with van der Waals surface area (Å²) in [5.41, 5.74) is 6.93. The zero-order valence-electron chi connectivity index (χ0n) is 12.9. The van der Waals surface area contributed by atoms with E-state index in [4.69, 9.17) is 10.2 Å². The Kier molecular flexibility index (Phi) is 5.71. The van der Waals surface area contributed by atoms with Crippen LogP contribution in [0.15, 0.2) is 24.4 Å². The minimum Gasteiger partial charge on any atom is -0.417 e. The van der Waals surface area contributed by atoms with Gasteiger partial charge >= 0.3 is 0 Å². The normalized spacial score (nSPS) is 14.4. The molecule has 0 radical (unpaired) electrons. The molecular formula is C15H28N2OSi. The third-order valence-electron chi connectivity index (χ3n) is 4.13. The quantitative estimate of drug-likeness (QED) is 0.811. The molecule has 1 aromatic heterocycles. The van der Waals surface area contributed by atoms with Crippen molar-refractivity contribution in [3.63, 3.8) is 0 Å². The Morgan fingerprint density at radius 3 is 2.47 bits per heavy atom. The first-order valence-electron chi connectivity index (χ1n) is 7.03. The predicted octanol–water partition coefficient (Wildman–Crippen LogP) is 3.54. The third kappa shape index (κ3) is 4.71. The van der Waals surface area contributed by atoms with Crippen molar-refractivity contribution in [2.75, 3.05) is 13.2 Å². The van der Waals surface area contributed by atoms with Crippen LogP contribution in [0.1, 0.15) is 38.8 Å². The second kappa shape index (κ2) is 6.64. The fourth-order valence-electron chi connectivity index (χ4n) is 1.68. The van der Waals surface area contributed by atoms with E-state index < -0.39 is 8.32 Å². The smallest absolute Gasteiger partial charge is 0.191 e. The summed E-state index contributed by atoms with van der Waals surface area (Å²) >= 11 is 0. The van der Waals surface area contributed by atoms with Crippen LogP contribution in [0.25, 0.3) is 0 Å². The van der Waals surface area contributed by atoms with Crippen LogP contribution in [0.3, 0.4) is 0 Å². The Morgan fingerprint density at radius 2 is 2.00 bits per heavy atom. The summed E-state index contributed by atoms with van der Waals surface area (Å²) in [4.78, 5) is 4.39. The van der Waals surface area contributed by atoms with Crippen LogP contribution in [0.5, 0.6) is 0 Å². The zero-order chi connectivity index (χ0) is 14.5. The summed E-state index contributed by atoms with van der Waals surface area (Å²) in [6.07, 6.45) is 2.77. The van der Waals surface area contributed by atoms with Gasteiger partial charge in [0.25, 0.3) is 0 Å². The molecule has 0 saturated heterocycles. The van der Waals surface area contributed by atoms with Crippen LogP contribution in [0.2, 0.25) is 18.1 Å². The van der Waals surface area contributed by atoms with Gasteiger partial charge in [0, 0.05) is 31.0 Å². The predicted molar refractivity (Wildman–Crippen MR) is 83.8 cm³/mol. The lowest BCUT2D eigenvalue weighted by atomic mass is 10.0. The fourth-order valence-corrected chi connectivity index (χ4v) is 2.74. The molecule has 2 N–H and O–H groups in total. The molecule has 1 aromatic rings. The highest BCUT2D eigenvalue weighted by molar-refractivity contribution is 6.74. The van der Waals surface area contributed by atoms with E-state index in [0.29, 0.717) is 12.5 Å². The monoisotopic (exact) mass is 280 g/mol. The van der Waals surface area contributed by atoms with Crippen LogP contribution >= 0.6 is 0 Å². The van der Waals surface area contributed by atoms with E-state index in [1.54, 1.807) is 0 Å². The highest BCUT2D eigenvalue weighted by atomic mass is 28.4. The third-order valence-corrected chi connectivity index (χ3v) is 8.66. The van der Waals surface area contributed by atoms with Crippen LogP contribution in [-0.2, 0) is 4.43 Å². The Labute approximate surface area is 118 Å². The van der Waals surface area contributed by atoms with E-state index >= 15 is 0 Å². The fraction of sp³-hybridized carbons (Fsp3) is 0.667. The summed E-state index contributed by atoms with van der Waals surface area (Å²) in [6.45, 7) is 12.7. The van der Waals surface area contributed by atoms with Crippen molar-refractivity contribution >= 4 is 8.32 Å². The maximum atomic E-state index is 6.20. The summed E-state index contributed by atoms with van der Waals surface area (Å²) in [5, 5.41) is 0.260. The molecule has 3 nitrogen and oxygen atoms in total. The average Bonchev–Trinajstić information content (AvgIpc) is 2.34. The number of aromatic nitrogens is 1. The molecule has 0 saturated carbocycles. The van der Waals surface area contributed by atoms with Gasteiger partial charge in [-0.3, -0.25) is 4.98 Å². The van der Waals surface area contributed by atoms with E-state index in [1.165, 1.54) is 0 Å². The largest absolute Gasteiger partial charge is 0.417 e. The van der Waals surface area contributed by atoms with Gasteiger partial charge in [0.2, 0.25) is 0 Å². The van der Waals surface area contributed by atoms with Gasteiger partial charge in [0.15, 0.2) is 8.32 Å². The molecule has 0 aromatic carbocycles. The summed E-state index contributed by atoms with van der Waals surface area (Å²) in [5.74, 6) is 0.297. The standard InChI is InChI=1S/C15H28N2OSi/c1-15(2,3)19(4,5)18-11-9-13(12-16)14-8-6-7-10-17-14/h6-8,10,13H,9,11-12,16H2,1-5H3. The van der Waals surface area contributed by atoms with Crippen molar-refractivity contribution in [2.24, 2.45) is 5.73 Å². The van der Waals surface area contributed by atoms with Gasteiger partial charge in [-0.2, -0.15) is 0 Å². The first-order valence-corrected chi connectivity index (χ1v) is 9.93. The number of rotatable bonds is 6. The van der Waals surface area contributed by atoms with E-state index in [9.17, 15) is 0 Å². The van der Waals surface area contributed by atoms with Crippen LogP contribution in [0.4, 0.5) is 0 Å². The molecule has 0 aliphatic rings. The molecule has 0 aliphatic carbocycles. The van der Waals surface area contributed by atoms with E-state index in [-0.39, 0.29) is 5.04 Å². The van der Waals surface area contributed by atoms with Gasteiger partial charge < -0.3 is 10.2 Å². The first kappa shape index (κ1) is 16.3. The van der Waals surface area contributed by atoms with Crippen LogP contribution in [0, 0.1) is 0 Å². The van der Waals surface area contributed by atoms with Gasteiger partial charge in [0.1, 0.15) is 0 Å². The first-order chi connectivity index (χ1) is 8.78. The molecule has 0 amide bonds. The summed E-state index contributed by atoms with van der Waals surface area (Å²) in [6, 6.07) is 5.99. The Morgan fingerprint density at radius 1 is 1.32 bits per heavy atom. The summed E-state index contributed by atoms with van der Waals surface area (Å²) < 4.78 is 6.20. The molecule has 19 heavy (non-hydrogen) atoms. The molecule has 0 aliphatic heterocycles. The minimum absolute atomic E-state index is 0.260. The van der Waals surface area contributed by atoms with Crippen molar-refractivity contribution in [3.05, 3.63) is 30.1 Å². The number of hydrogen-bond donors (Lipinski definition) is 1. The van der Waals surface area contributed by atoms with Gasteiger partial charge in [-0.15, -0.1) is 0 Å². The van der Waals surface area contributed by atoms with Crippen molar-refractivity contribution < 1.29 is 4.43 Å². The van der Waals surface area contributed by atoms with Crippen LogP contribution in [-0.4, -0.2) is 26.5 Å². The van der Waals surface area contributed by atoms with Crippen molar-refractivity contribution in [3.8, 4) is 0 Å². The maximum absolute atomic E-state index is 6.20. The Bertz CT molecular complexity index is 373. The molecule has 1 heterocycles. The lowest BCUT2D eigenvalue weighted by molar-refractivity contribution is 0.271. The Hall–Kier alpha value is -0.713. The molecule has 0 spiro atoms. The number of nitrogens with zero attached hydrogens (tertiary/aromatic N) is 1. The van der Waals surface area contributed by atoms with E-state index in [0.717, 1.165) is 18.7 Å². The number of hydrogen-bond acceptors (Lipinski definition) is 3. The van der Waals surface area contributed by atoms with Crippen LogP contribution < -0.4 is 5.73 Å². The molecule has 1 atom stereocenters. The number of nitrogens with two attached hydrogens (primary N) is 1. The zero-order valence-corrected chi connectivity index (χ0v) is 13.9. The molecule has 0 fully saturated rings. The Balaban J connectivity index is 2.52. The number of pyridine rings is 1. The summed E-state index contributed by atoms with van der Waals surface area (Å²) in [7, 11) is -1.65. The second-order valence-electron chi connectivity index (χ2n) is 6.58.